The molecule has 10 heteroatoms. The minimum Gasteiger partial charge on any atom is -0.493 e. The Morgan fingerprint density at radius 2 is 2.03 bits per heavy atom. The van der Waals surface area contributed by atoms with Gasteiger partial charge in [-0.1, -0.05) is 11.6 Å². The molecule has 1 aromatic heterocycles. The molecule has 1 saturated heterocycles. The summed E-state index contributed by atoms with van der Waals surface area (Å²) in [7, 11) is 3.06. The van der Waals surface area contributed by atoms with Crippen molar-refractivity contribution >= 4 is 23.6 Å². The van der Waals surface area contributed by atoms with E-state index in [1.165, 1.54) is 19.5 Å². The molecule has 1 fully saturated rings. The third-order valence-corrected chi connectivity index (χ3v) is 5.72. The highest BCUT2D eigenvalue weighted by Gasteiger charge is 2.24. The largest absolute Gasteiger partial charge is 0.493 e. The van der Waals surface area contributed by atoms with Crippen molar-refractivity contribution in [1.82, 2.24) is 19.7 Å². The summed E-state index contributed by atoms with van der Waals surface area (Å²) in [5.41, 5.74) is 1.55. The molecule has 1 unspecified atom stereocenters. The van der Waals surface area contributed by atoms with Gasteiger partial charge in [0.05, 0.1) is 38.1 Å². The molecule has 0 aliphatic carbocycles. The van der Waals surface area contributed by atoms with Crippen molar-refractivity contribution in [2.75, 3.05) is 40.5 Å². The lowest BCUT2D eigenvalue weighted by Crippen LogP contribution is -2.47. The van der Waals surface area contributed by atoms with Crippen LogP contribution in [0.2, 0.25) is 5.02 Å². The van der Waals surface area contributed by atoms with Crippen molar-refractivity contribution in [3.05, 3.63) is 65.7 Å². The first-order chi connectivity index (χ1) is 16.6. The lowest BCUT2D eigenvalue weighted by molar-refractivity contribution is -0.134. The Hall–Kier alpha value is -3.56. The van der Waals surface area contributed by atoms with Gasteiger partial charge in [0.25, 0.3) is 0 Å². The summed E-state index contributed by atoms with van der Waals surface area (Å²) in [5.74, 6) is 1.53. The number of methoxy groups -OCH3 is 2. The number of benzene rings is 2. The molecule has 2 heterocycles. The third kappa shape index (κ3) is 5.49. The van der Waals surface area contributed by atoms with Crippen LogP contribution in [0.15, 0.2) is 55.1 Å². The SMILES string of the molecule is COc1ccc(C=CC(=O)N2CCOC(COc3ccc(-n4cncn4)cc3)C2)c(Cl)c1OC. The molecule has 2 aromatic carbocycles. The molecule has 1 atom stereocenters. The molecule has 3 aromatic rings. The molecule has 178 valence electrons. The van der Waals surface area contributed by atoms with Gasteiger partial charge in [0.15, 0.2) is 11.5 Å². The van der Waals surface area contributed by atoms with Crippen LogP contribution in [0, 0.1) is 0 Å². The predicted octanol–water partition coefficient (Wildman–Crippen LogP) is 3.26. The molecule has 0 spiro atoms. The van der Waals surface area contributed by atoms with Crippen LogP contribution in [0.25, 0.3) is 11.8 Å². The zero-order valence-electron chi connectivity index (χ0n) is 18.9. The highest BCUT2D eigenvalue weighted by molar-refractivity contribution is 6.33. The molecule has 1 amide bonds. The molecule has 4 rings (SSSR count). The van der Waals surface area contributed by atoms with Gasteiger partial charge in [-0.2, -0.15) is 5.10 Å². The fourth-order valence-electron chi connectivity index (χ4n) is 3.55. The normalized spacial score (nSPS) is 16.0. The molecule has 9 nitrogen and oxygen atoms in total. The summed E-state index contributed by atoms with van der Waals surface area (Å²) in [6.07, 6.45) is 6.05. The van der Waals surface area contributed by atoms with Gasteiger partial charge in [0.1, 0.15) is 31.1 Å². The van der Waals surface area contributed by atoms with Gasteiger partial charge < -0.3 is 23.8 Å². The second-order valence-electron chi connectivity index (χ2n) is 7.46. The number of aromatic nitrogens is 3. The van der Waals surface area contributed by atoms with Crippen LogP contribution in [0.1, 0.15) is 5.56 Å². The maximum atomic E-state index is 12.8. The molecular weight excluding hydrogens is 460 g/mol. The first-order valence-electron chi connectivity index (χ1n) is 10.7. The highest BCUT2D eigenvalue weighted by atomic mass is 35.5. The van der Waals surface area contributed by atoms with E-state index in [0.29, 0.717) is 54.1 Å². The number of morpholine rings is 1. The van der Waals surface area contributed by atoms with Crippen LogP contribution in [0.5, 0.6) is 17.2 Å². The summed E-state index contributed by atoms with van der Waals surface area (Å²) in [6.45, 7) is 1.71. The molecule has 0 bridgehead atoms. The standard InChI is InChI=1S/C24H25ClN4O5/c1-31-21-9-3-17(23(25)24(21)32-2)4-10-22(30)28-11-12-33-20(13-28)14-34-19-7-5-18(6-8-19)29-16-26-15-27-29/h3-10,15-16,20H,11-14H2,1-2H3. The second-order valence-corrected chi connectivity index (χ2v) is 7.84. The number of halogens is 1. The van der Waals surface area contributed by atoms with E-state index in [4.69, 9.17) is 30.5 Å². The number of hydrogen-bond donors (Lipinski definition) is 0. The lowest BCUT2D eigenvalue weighted by atomic mass is 10.1. The summed E-state index contributed by atoms with van der Waals surface area (Å²) in [6, 6.07) is 11.0. The zero-order valence-corrected chi connectivity index (χ0v) is 19.6. The van der Waals surface area contributed by atoms with E-state index >= 15 is 0 Å². The van der Waals surface area contributed by atoms with Crippen molar-refractivity contribution in [3.63, 3.8) is 0 Å². The molecule has 1 aliphatic heterocycles. The van der Waals surface area contributed by atoms with Crippen molar-refractivity contribution in [2.24, 2.45) is 0 Å². The van der Waals surface area contributed by atoms with E-state index in [2.05, 4.69) is 10.1 Å². The fourth-order valence-corrected chi connectivity index (χ4v) is 3.84. The number of hydrogen-bond acceptors (Lipinski definition) is 7. The van der Waals surface area contributed by atoms with E-state index in [0.717, 1.165) is 5.69 Å². The molecule has 34 heavy (non-hydrogen) atoms. The fraction of sp³-hybridized carbons (Fsp3) is 0.292. The summed E-state index contributed by atoms with van der Waals surface area (Å²) < 4.78 is 23.9. The van der Waals surface area contributed by atoms with Gasteiger partial charge in [-0.15, -0.1) is 0 Å². The van der Waals surface area contributed by atoms with Gasteiger partial charge in [0.2, 0.25) is 5.91 Å². The van der Waals surface area contributed by atoms with Gasteiger partial charge in [-0.05, 0) is 48.0 Å². The zero-order chi connectivity index (χ0) is 23.9. The van der Waals surface area contributed by atoms with Crippen LogP contribution in [0.4, 0.5) is 0 Å². The average molecular weight is 485 g/mol. The van der Waals surface area contributed by atoms with Crippen molar-refractivity contribution in [1.29, 1.82) is 0 Å². The van der Waals surface area contributed by atoms with Crippen LogP contribution < -0.4 is 14.2 Å². The van der Waals surface area contributed by atoms with Gasteiger partial charge in [0, 0.05) is 12.6 Å². The van der Waals surface area contributed by atoms with Crippen LogP contribution in [-0.4, -0.2) is 72.2 Å². The first-order valence-corrected chi connectivity index (χ1v) is 11.0. The minimum atomic E-state index is -0.231. The lowest BCUT2D eigenvalue weighted by Gasteiger charge is -2.32. The number of carbonyl (C=O) groups is 1. The molecule has 0 N–H and O–H groups in total. The maximum Gasteiger partial charge on any atom is 0.246 e. The molecule has 0 radical (unpaired) electrons. The summed E-state index contributed by atoms with van der Waals surface area (Å²) in [4.78, 5) is 18.4. The van der Waals surface area contributed by atoms with Crippen LogP contribution in [-0.2, 0) is 9.53 Å². The van der Waals surface area contributed by atoms with E-state index in [-0.39, 0.29) is 12.0 Å². The van der Waals surface area contributed by atoms with E-state index < -0.39 is 0 Å². The maximum absolute atomic E-state index is 12.8. The van der Waals surface area contributed by atoms with Crippen molar-refractivity contribution in [3.8, 4) is 22.9 Å². The Morgan fingerprint density at radius 3 is 2.74 bits per heavy atom. The van der Waals surface area contributed by atoms with Gasteiger partial charge in [-0.25, -0.2) is 9.67 Å². The summed E-state index contributed by atoms with van der Waals surface area (Å²) in [5, 5.41) is 4.48. The second kappa shape index (κ2) is 11.0. The molecular formula is C24H25ClN4O5. The Morgan fingerprint density at radius 1 is 1.21 bits per heavy atom. The first kappa shape index (κ1) is 23.6. The van der Waals surface area contributed by atoms with Crippen LogP contribution >= 0.6 is 11.6 Å². The Bertz CT molecular complexity index is 1140. The van der Waals surface area contributed by atoms with E-state index in [1.54, 1.807) is 41.2 Å². The van der Waals surface area contributed by atoms with E-state index in [1.807, 2.05) is 24.3 Å². The monoisotopic (exact) mass is 484 g/mol. The van der Waals surface area contributed by atoms with E-state index in [9.17, 15) is 4.79 Å². The summed E-state index contributed by atoms with van der Waals surface area (Å²) >= 11 is 6.40. The minimum absolute atomic E-state index is 0.128. The van der Waals surface area contributed by atoms with Crippen molar-refractivity contribution in [2.45, 2.75) is 6.10 Å². The Balaban J connectivity index is 1.32. The molecule has 1 aliphatic rings. The highest BCUT2D eigenvalue weighted by Crippen LogP contribution is 2.37. The van der Waals surface area contributed by atoms with Crippen LogP contribution in [0.3, 0.4) is 0 Å². The number of amides is 1. The Labute approximate surface area is 202 Å². The molecule has 0 saturated carbocycles. The topological polar surface area (TPSA) is 87.9 Å². The number of ether oxygens (including phenoxy) is 4. The van der Waals surface area contributed by atoms with Crippen molar-refractivity contribution < 1.29 is 23.7 Å². The quantitative estimate of drug-likeness (QED) is 0.453. The smallest absolute Gasteiger partial charge is 0.246 e. The van der Waals surface area contributed by atoms with Gasteiger partial charge >= 0.3 is 0 Å². The Kier molecular flexibility index (Phi) is 7.66. The number of nitrogens with zero attached hydrogens (tertiary/aromatic N) is 4. The number of carbonyl (C=O) groups excluding carboxylic acids is 1. The predicted molar refractivity (Wildman–Crippen MR) is 127 cm³/mol. The van der Waals surface area contributed by atoms with Gasteiger partial charge in [-0.3, -0.25) is 4.79 Å². The number of rotatable bonds is 8. The third-order valence-electron chi connectivity index (χ3n) is 5.33. The average Bonchev–Trinajstić information content (AvgIpc) is 3.42.